The fourth-order valence-corrected chi connectivity index (χ4v) is 5.12. The molecule has 1 saturated heterocycles. The average Bonchev–Trinajstić information content (AvgIpc) is 2.88. The van der Waals surface area contributed by atoms with Crippen LogP contribution in [0.15, 0.2) is 36.4 Å². The molecule has 1 unspecified atom stereocenters. The van der Waals surface area contributed by atoms with E-state index in [-0.39, 0.29) is 35.4 Å². The van der Waals surface area contributed by atoms with E-state index < -0.39 is 36.1 Å². The molecule has 2 aromatic rings. The maximum atomic E-state index is 13.4. The quantitative estimate of drug-likeness (QED) is 0.519. The maximum Gasteiger partial charge on any atom is 0.471 e. The molecule has 2 aromatic carbocycles. The molecule has 12 heteroatoms. The lowest BCUT2D eigenvalue weighted by Crippen LogP contribution is -2.56. The molecular formula is C26H25ClF4N4O3. The average molecular weight is 553 g/mol. The van der Waals surface area contributed by atoms with Gasteiger partial charge in [-0.15, -0.1) is 0 Å². The number of nitrogens with zero attached hydrogens (tertiary/aromatic N) is 4. The van der Waals surface area contributed by atoms with Gasteiger partial charge in [0.2, 0.25) is 0 Å². The molecule has 0 aromatic heterocycles. The Hall–Kier alpha value is -3.52. The van der Waals surface area contributed by atoms with E-state index in [1.807, 2.05) is 0 Å². The number of likely N-dealkylation sites (tertiary alicyclic amines) is 1. The Morgan fingerprint density at radius 3 is 2.37 bits per heavy atom. The molecule has 1 atom stereocenters. The third kappa shape index (κ3) is 5.50. The molecule has 0 saturated carbocycles. The van der Waals surface area contributed by atoms with Crippen molar-refractivity contribution in [2.24, 2.45) is 5.41 Å². The predicted octanol–water partition coefficient (Wildman–Crippen LogP) is 4.58. The minimum absolute atomic E-state index is 0.0695. The van der Waals surface area contributed by atoms with Gasteiger partial charge in [0.1, 0.15) is 11.6 Å². The van der Waals surface area contributed by atoms with E-state index in [2.05, 4.69) is 6.07 Å². The highest BCUT2D eigenvalue weighted by atomic mass is 35.5. The normalized spacial score (nSPS) is 18.7. The molecule has 7 nitrogen and oxygen atoms in total. The molecule has 0 radical (unpaired) electrons. The van der Waals surface area contributed by atoms with Crippen LogP contribution < -0.4 is 14.5 Å². The Morgan fingerprint density at radius 1 is 1.18 bits per heavy atom. The summed E-state index contributed by atoms with van der Waals surface area (Å²) < 4.78 is 59.4. The van der Waals surface area contributed by atoms with Crippen LogP contribution in [0.1, 0.15) is 18.4 Å². The number of piperidine rings is 1. The first-order valence-electron chi connectivity index (χ1n) is 11.8. The number of benzene rings is 2. The maximum absolute atomic E-state index is 13.4. The highest BCUT2D eigenvalue weighted by molar-refractivity contribution is 6.33. The zero-order valence-corrected chi connectivity index (χ0v) is 21.4. The topological polar surface area (TPSA) is 76.9 Å². The zero-order valence-electron chi connectivity index (χ0n) is 20.7. The van der Waals surface area contributed by atoms with Gasteiger partial charge in [-0.05, 0) is 43.0 Å². The van der Waals surface area contributed by atoms with Crippen LogP contribution in [0, 0.1) is 22.6 Å². The Balaban J connectivity index is 1.54. The van der Waals surface area contributed by atoms with Crippen LogP contribution in [0.4, 0.5) is 28.9 Å². The number of anilines is 2. The van der Waals surface area contributed by atoms with Crippen LogP contribution in [-0.4, -0.2) is 62.7 Å². The summed E-state index contributed by atoms with van der Waals surface area (Å²) in [5.74, 6) is -3.16. The second kappa shape index (κ2) is 10.3. The minimum Gasteiger partial charge on any atom is -0.476 e. The highest BCUT2D eigenvalue weighted by Crippen LogP contribution is 2.43. The van der Waals surface area contributed by atoms with Crippen LogP contribution in [0.25, 0.3) is 0 Å². The molecule has 2 aliphatic heterocycles. The smallest absolute Gasteiger partial charge is 0.471 e. The molecule has 2 aliphatic rings. The van der Waals surface area contributed by atoms with Crippen molar-refractivity contribution in [1.29, 1.82) is 5.26 Å². The van der Waals surface area contributed by atoms with Crippen molar-refractivity contribution >= 4 is 34.8 Å². The SMILES string of the molecule is CN(C)c1cc2c(cc1Cl)N(C(=O)C(F)(F)F)CC(C(=O)N1CCC(C#N)(Cc3ccc(F)cc3)CC1)O2. The summed E-state index contributed by atoms with van der Waals surface area (Å²) in [4.78, 5) is 29.2. The number of amides is 2. The van der Waals surface area contributed by atoms with E-state index in [0.29, 0.717) is 29.8 Å². The van der Waals surface area contributed by atoms with Gasteiger partial charge in [0, 0.05) is 33.3 Å². The molecule has 1 fully saturated rings. The molecule has 0 spiro atoms. The van der Waals surface area contributed by atoms with Crippen LogP contribution in [-0.2, 0) is 16.0 Å². The fraction of sp³-hybridized carbons (Fsp3) is 0.423. The summed E-state index contributed by atoms with van der Waals surface area (Å²) in [5, 5.41) is 10.0. The highest BCUT2D eigenvalue weighted by Gasteiger charge is 2.48. The van der Waals surface area contributed by atoms with Gasteiger partial charge >= 0.3 is 12.1 Å². The van der Waals surface area contributed by atoms with Crippen LogP contribution >= 0.6 is 11.6 Å². The van der Waals surface area contributed by atoms with E-state index in [9.17, 15) is 32.4 Å². The van der Waals surface area contributed by atoms with Gasteiger partial charge in [-0.3, -0.25) is 14.5 Å². The summed E-state index contributed by atoms with van der Waals surface area (Å²) >= 11 is 6.23. The number of alkyl halides is 3. The van der Waals surface area contributed by atoms with Gasteiger partial charge in [0.15, 0.2) is 6.10 Å². The number of rotatable bonds is 4. The van der Waals surface area contributed by atoms with Crippen molar-refractivity contribution in [2.75, 3.05) is 43.5 Å². The van der Waals surface area contributed by atoms with E-state index in [4.69, 9.17) is 16.3 Å². The van der Waals surface area contributed by atoms with Crippen molar-refractivity contribution in [3.8, 4) is 11.8 Å². The van der Waals surface area contributed by atoms with Crippen molar-refractivity contribution in [3.63, 3.8) is 0 Å². The van der Waals surface area contributed by atoms with Crippen molar-refractivity contribution in [3.05, 3.63) is 52.8 Å². The molecular weight excluding hydrogens is 528 g/mol. The summed E-state index contributed by atoms with van der Waals surface area (Å²) in [6.45, 7) is -0.286. The lowest BCUT2D eigenvalue weighted by atomic mass is 9.75. The summed E-state index contributed by atoms with van der Waals surface area (Å²) in [5.41, 5.74) is 0.283. The second-order valence-electron chi connectivity index (χ2n) is 9.71. The van der Waals surface area contributed by atoms with E-state index >= 15 is 0 Å². The predicted molar refractivity (Wildman–Crippen MR) is 133 cm³/mol. The first-order chi connectivity index (χ1) is 17.8. The van der Waals surface area contributed by atoms with Crippen LogP contribution in [0.3, 0.4) is 0 Å². The number of hydrogen-bond donors (Lipinski definition) is 0. The van der Waals surface area contributed by atoms with E-state index in [0.717, 1.165) is 5.56 Å². The number of hydrogen-bond acceptors (Lipinski definition) is 5. The molecule has 0 aliphatic carbocycles. The Kier molecular flexibility index (Phi) is 7.48. The van der Waals surface area contributed by atoms with Gasteiger partial charge in [-0.25, -0.2) is 4.39 Å². The molecule has 202 valence electrons. The number of nitriles is 1. The van der Waals surface area contributed by atoms with E-state index in [1.165, 1.54) is 29.2 Å². The standard InChI is InChI=1S/C26H25ClF4N4O3/c1-33(2)19-12-21-20(11-18(19)27)35(24(37)26(29,30)31)14-22(38-21)23(36)34-9-7-25(15-32,8-10-34)13-16-3-5-17(28)6-4-16/h3-6,11-12,22H,7-10,13-14H2,1-2H3. The van der Waals surface area contributed by atoms with Gasteiger partial charge in [-0.2, -0.15) is 18.4 Å². The first-order valence-corrected chi connectivity index (χ1v) is 12.2. The molecule has 0 bridgehead atoms. The first kappa shape index (κ1) is 27.5. The Labute approximate surface area is 222 Å². The second-order valence-corrected chi connectivity index (χ2v) is 10.1. The summed E-state index contributed by atoms with van der Waals surface area (Å²) in [6, 6.07) is 10.8. The number of halogens is 5. The largest absolute Gasteiger partial charge is 0.476 e. The monoisotopic (exact) mass is 552 g/mol. The molecule has 4 rings (SSSR count). The number of carbonyl (C=O) groups excluding carboxylic acids is 2. The molecule has 2 heterocycles. The van der Waals surface area contributed by atoms with E-state index in [1.54, 1.807) is 31.1 Å². The number of ether oxygens (including phenoxy) is 1. The number of carbonyl (C=O) groups is 2. The van der Waals surface area contributed by atoms with Gasteiger partial charge < -0.3 is 14.5 Å². The molecule has 38 heavy (non-hydrogen) atoms. The van der Waals surface area contributed by atoms with Crippen molar-refractivity contribution < 1.29 is 31.9 Å². The molecule has 0 N–H and O–H groups in total. The summed E-state index contributed by atoms with van der Waals surface area (Å²) in [6.07, 6.45) is -5.53. The third-order valence-electron chi connectivity index (χ3n) is 6.91. The van der Waals surface area contributed by atoms with Gasteiger partial charge in [0.25, 0.3) is 5.91 Å². The lowest BCUT2D eigenvalue weighted by molar-refractivity contribution is -0.171. The van der Waals surface area contributed by atoms with Crippen LogP contribution in [0.2, 0.25) is 5.02 Å². The number of fused-ring (bicyclic) bond motifs is 1. The minimum atomic E-state index is -5.17. The zero-order chi connectivity index (χ0) is 27.8. The summed E-state index contributed by atoms with van der Waals surface area (Å²) in [7, 11) is 3.36. The van der Waals surface area contributed by atoms with Gasteiger partial charge in [-0.1, -0.05) is 23.7 Å². The third-order valence-corrected chi connectivity index (χ3v) is 7.21. The lowest BCUT2D eigenvalue weighted by Gasteiger charge is -2.41. The molecule has 2 amide bonds. The Bertz CT molecular complexity index is 1270. The van der Waals surface area contributed by atoms with Crippen molar-refractivity contribution in [1.82, 2.24) is 4.90 Å². The Morgan fingerprint density at radius 2 is 1.82 bits per heavy atom. The van der Waals surface area contributed by atoms with Crippen LogP contribution in [0.5, 0.6) is 5.75 Å². The van der Waals surface area contributed by atoms with Gasteiger partial charge in [0.05, 0.1) is 34.4 Å². The van der Waals surface area contributed by atoms with Crippen molar-refractivity contribution in [2.45, 2.75) is 31.5 Å². The fourth-order valence-electron chi connectivity index (χ4n) is 4.79.